The van der Waals surface area contributed by atoms with Gasteiger partial charge >= 0.3 is 0 Å². The van der Waals surface area contributed by atoms with Gasteiger partial charge in [-0.05, 0) is 48.5 Å². The van der Waals surface area contributed by atoms with Gasteiger partial charge in [-0.1, -0.05) is 0 Å². The third-order valence-electron chi connectivity index (χ3n) is 4.63. The molecule has 1 heterocycles. The predicted molar refractivity (Wildman–Crippen MR) is 105 cm³/mol. The topological polar surface area (TPSA) is 99.9 Å². The Balaban J connectivity index is 1.53. The number of rotatable bonds is 6. The van der Waals surface area contributed by atoms with Crippen LogP contribution in [0.5, 0.6) is 11.5 Å². The molecule has 29 heavy (non-hydrogen) atoms. The zero-order valence-electron chi connectivity index (χ0n) is 15.9. The molecule has 8 nitrogen and oxygen atoms in total. The van der Waals surface area contributed by atoms with Crippen LogP contribution in [-0.2, 0) is 14.8 Å². The summed E-state index contributed by atoms with van der Waals surface area (Å²) < 4.78 is 37.4. The number of methoxy groups -OCH3 is 1. The van der Waals surface area contributed by atoms with Crippen LogP contribution in [0.15, 0.2) is 53.4 Å². The van der Waals surface area contributed by atoms with E-state index >= 15 is 0 Å². The van der Waals surface area contributed by atoms with Gasteiger partial charge in [-0.15, -0.1) is 0 Å². The van der Waals surface area contributed by atoms with Crippen molar-refractivity contribution in [2.45, 2.75) is 4.90 Å². The van der Waals surface area contributed by atoms with Crippen molar-refractivity contribution >= 4 is 15.9 Å². The van der Waals surface area contributed by atoms with Crippen molar-refractivity contribution < 1.29 is 22.7 Å². The Labute approximate surface area is 169 Å². The number of piperazine rings is 1. The summed E-state index contributed by atoms with van der Waals surface area (Å²) in [5, 5.41) is 8.79. The van der Waals surface area contributed by atoms with Gasteiger partial charge in [-0.3, -0.25) is 4.79 Å². The molecule has 152 valence electrons. The van der Waals surface area contributed by atoms with E-state index in [1.54, 1.807) is 41.3 Å². The van der Waals surface area contributed by atoms with Gasteiger partial charge in [0.2, 0.25) is 10.0 Å². The number of nitriles is 1. The minimum Gasteiger partial charge on any atom is -0.497 e. The van der Waals surface area contributed by atoms with Crippen molar-refractivity contribution in [1.29, 1.82) is 5.26 Å². The zero-order chi connectivity index (χ0) is 20.9. The Morgan fingerprint density at radius 3 is 2.14 bits per heavy atom. The summed E-state index contributed by atoms with van der Waals surface area (Å²) in [6, 6.07) is 14.7. The Bertz CT molecular complexity index is 990. The summed E-state index contributed by atoms with van der Waals surface area (Å²) in [7, 11) is -2.10. The lowest BCUT2D eigenvalue weighted by atomic mass is 10.2. The minimum atomic E-state index is -3.62. The number of hydrogen-bond donors (Lipinski definition) is 0. The van der Waals surface area contributed by atoms with Crippen LogP contribution in [-0.4, -0.2) is 63.4 Å². The molecule has 0 aromatic heterocycles. The van der Waals surface area contributed by atoms with E-state index in [0.29, 0.717) is 30.2 Å². The van der Waals surface area contributed by atoms with Crippen molar-refractivity contribution in [1.82, 2.24) is 9.21 Å². The average molecular weight is 415 g/mol. The third-order valence-corrected chi connectivity index (χ3v) is 6.55. The highest BCUT2D eigenvalue weighted by Gasteiger charge is 2.30. The minimum absolute atomic E-state index is 0.142. The molecule has 2 aromatic carbocycles. The average Bonchev–Trinajstić information content (AvgIpc) is 2.78. The van der Waals surface area contributed by atoms with E-state index < -0.39 is 10.0 Å². The third kappa shape index (κ3) is 4.85. The molecule has 1 amide bonds. The van der Waals surface area contributed by atoms with Crippen LogP contribution in [0, 0.1) is 11.3 Å². The van der Waals surface area contributed by atoms with Crippen LogP contribution in [0.4, 0.5) is 0 Å². The molecule has 0 bridgehead atoms. The van der Waals surface area contributed by atoms with Crippen LogP contribution < -0.4 is 9.47 Å². The molecule has 1 aliphatic rings. The molecule has 0 N–H and O–H groups in total. The number of sulfonamides is 1. The first-order chi connectivity index (χ1) is 13.9. The fourth-order valence-electron chi connectivity index (χ4n) is 2.94. The highest BCUT2D eigenvalue weighted by Crippen LogP contribution is 2.21. The molecule has 9 heteroatoms. The summed E-state index contributed by atoms with van der Waals surface area (Å²) >= 11 is 0. The van der Waals surface area contributed by atoms with E-state index in [2.05, 4.69) is 0 Å². The largest absolute Gasteiger partial charge is 0.497 e. The second-order valence-electron chi connectivity index (χ2n) is 6.39. The molecule has 3 rings (SSSR count). The highest BCUT2D eigenvalue weighted by atomic mass is 32.2. The number of carbonyl (C=O) groups excluding carboxylic acids is 1. The van der Waals surface area contributed by atoms with Gasteiger partial charge in [0.25, 0.3) is 5.91 Å². The van der Waals surface area contributed by atoms with Gasteiger partial charge in [-0.2, -0.15) is 9.57 Å². The summed E-state index contributed by atoms with van der Waals surface area (Å²) in [4.78, 5) is 14.1. The summed E-state index contributed by atoms with van der Waals surface area (Å²) in [6.07, 6.45) is 0. The Morgan fingerprint density at radius 2 is 1.59 bits per heavy atom. The van der Waals surface area contributed by atoms with Crippen LogP contribution in [0.1, 0.15) is 5.56 Å². The molecule has 0 spiro atoms. The monoisotopic (exact) mass is 415 g/mol. The lowest BCUT2D eigenvalue weighted by molar-refractivity contribution is -0.134. The smallest absolute Gasteiger partial charge is 0.260 e. The first-order valence-corrected chi connectivity index (χ1v) is 10.4. The van der Waals surface area contributed by atoms with E-state index in [1.807, 2.05) is 6.07 Å². The summed E-state index contributed by atoms with van der Waals surface area (Å²) in [6.45, 7) is 0.890. The number of carbonyl (C=O) groups is 1. The van der Waals surface area contributed by atoms with Gasteiger partial charge in [0.1, 0.15) is 11.5 Å². The van der Waals surface area contributed by atoms with E-state index in [4.69, 9.17) is 14.7 Å². The lowest BCUT2D eigenvalue weighted by Gasteiger charge is -2.34. The maximum absolute atomic E-state index is 12.8. The summed E-state index contributed by atoms with van der Waals surface area (Å²) in [5.41, 5.74) is 0.512. The van der Waals surface area contributed by atoms with Gasteiger partial charge in [0.05, 0.1) is 23.6 Å². The van der Waals surface area contributed by atoms with E-state index in [9.17, 15) is 13.2 Å². The molecule has 0 radical (unpaired) electrons. The van der Waals surface area contributed by atoms with Crippen molar-refractivity contribution in [3.8, 4) is 17.6 Å². The molecule has 0 unspecified atom stereocenters. The first-order valence-electron chi connectivity index (χ1n) is 8.99. The van der Waals surface area contributed by atoms with Crippen LogP contribution >= 0.6 is 0 Å². The second-order valence-corrected chi connectivity index (χ2v) is 8.32. The number of ether oxygens (including phenoxy) is 2. The normalized spacial score (nSPS) is 14.8. The van der Waals surface area contributed by atoms with E-state index in [-0.39, 0.29) is 30.5 Å². The maximum atomic E-state index is 12.8. The van der Waals surface area contributed by atoms with Gasteiger partial charge < -0.3 is 14.4 Å². The quantitative estimate of drug-likeness (QED) is 0.709. The SMILES string of the molecule is COc1ccc(S(=O)(=O)N2CCN(C(=O)COc3ccc(C#N)cc3)CC2)cc1. The molecule has 0 saturated carbocycles. The molecule has 0 aliphatic carbocycles. The Morgan fingerprint density at radius 1 is 1.00 bits per heavy atom. The molecule has 2 aromatic rings. The maximum Gasteiger partial charge on any atom is 0.260 e. The predicted octanol–water partition coefficient (Wildman–Crippen LogP) is 1.48. The molecule has 0 atom stereocenters. The van der Waals surface area contributed by atoms with Crippen molar-refractivity contribution in [2.24, 2.45) is 0 Å². The molecule has 1 aliphatic heterocycles. The number of amides is 1. The standard InChI is InChI=1S/C20H21N3O5S/c1-27-17-6-8-19(9-7-17)29(25,26)23-12-10-22(11-13-23)20(24)15-28-18-4-2-16(14-21)3-5-18/h2-9H,10-13,15H2,1H3. The lowest BCUT2D eigenvalue weighted by Crippen LogP contribution is -2.51. The van der Waals surface area contributed by atoms with Gasteiger partial charge in [-0.25, -0.2) is 8.42 Å². The highest BCUT2D eigenvalue weighted by molar-refractivity contribution is 7.89. The first kappa shape index (κ1) is 20.6. The van der Waals surface area contributed by atoms with Crippen molar-refractivity contribution in [2.75, 3.05) is 39.9 Å². The summed E-state index contributed by atoms with van der Waals surface area (Å²) in [5.74, 6) is 0.871. The fourth-order valence-corrected chi connectivity index (χ4v) is 4.36. The fraction of sp³-hybridized carbons (Fsp3) is 0.300. The van der Waals surface area contributed by atoms with Crippen LogP contribution in [0.3, 0.4) is 0 Å². The van der Waals surface area contributed by atoms with Crippen molar-refractivity contribution in [3.63, 3.8) is 0 Å². The second kappa shape index (κ2) is 8.94. The molecule has 1 fully saturated rings. The number of benzene rings is 2. The molecular formula is C20H21N3O5S. The van der Waals surface area contributed by atoms with E-state index in [0.717, 1.165) is 0 Å². The van der Waals surface area contributed by atoms with Gasteiger partial charge in [0.15, 0.2) is 6.61 Å². The van der Waals surface area contributed by atoms with Crippen molar-refractivity contribution in [3.05, 3.63) is 54.1 Å². The number of hydrogen-bond acceptors (Lipinski definition) is 6. The zero-order valence-corrected chi connectivity index (χ0v) is 16.8. The number of nitrogens with zero attached hydrogens (tertiary/aromatic N) is 3. The molecule has 1 saturated heterocycles. The van der Waals surface area contributed by atoms with Crippen LogP contribution in [0.25, 0.3) is 0 Å². The van der Waals surface area contributed by atoms with E-state index in [1.165, 1.54) is 23.5 Å². The Kier molecular flexibility index (Phi) is 6.36. The van der Waals surface area contributed by atoms with Gasteiger partial charge in [0, 0.05) is 26.2 Å². The Hall–Kier alpha value is -3.09. The van der Waals surface area contributed by atoms with Crippen LogP contribution in [0.2, 0.25) is 0 Å². The molecular weight excluding hydrogens is 394 g/mol.